The summed E-state index contributed by atoms with van der Waals surface area (Å²) in [6.45, 7) is -0.510. The second kappa shape index (κ2) is 4.68. The predicted octanol–water partition coefficient (Wildman–Crippen LogP) is -1.80. The molecule has 1 aromatic heterocycles. The maximum atomic E-state index is 11.6. The second-order valence-electron chi connectivity index (χ2n) is 4.88. The van der Waals surface area contributed by atoms with Gasteiger partial charge in [-0.1, -0.05) is 0 Å². The molecule has 4 N–H and O–H groups in total. The van der Waals surface area contributed by atoms with Crippen molar-refractivity contribution in [1.82, 2.24) is 9.55 Å². The van der Waals surface area contributed by atoms with Crippen LogP contribution in [0.25, 0.3) is 0 Å². The summed E-state index contributed by atoms with van der Waals surface area (Å²) in [5.41, 5.74) is -1.88. The maximum Gasteiger partial charge on any atom is 0.328 e. The Morgan fingerprint density at radius 1 is 1.33 bits per heavy atom. The molecular weight excluding hydrogens is 240 g/mol. The molecule has 100 valence electrons. The van der Waals surface area contributed by atoms with Crippen LogP contribution in [0.5, 0.6) is 0 Å². The first-order chi connectivity index (χ1) is 8.51. The molecule has 0 saturated heterocycles. The van der Waals surface area contributed by atoms with Crippen molar-refractivity contribution in [2.24, 2.45) is 5.41 Å². The molecule has 7 heteroatoms. The van der Waals surface area contributed by atoms with E-state index in [4.69, 9.17) is 0 Å². The maximum absolute atomic E-state index is 11.6. The molecule has 2 rings (SSSR count). The Labute approximate surface area is 102 Å². The highest BCUT2D eigenvalue weighted by molar-refractivity contribution is 4.99. The van der Waals surface area contributed by atoms with Crippen LogP contribution in [-0.4, -0.2) is 44.2 Å². The topological polar surface area (TPSA) is 116 Å². The van der Waals surface area contributed by atoms with Crippen LogP contribution in [0.1, 0.15) is 18.9 Å². The van der Waals surface area contributed by atoms with Crippen molar-refractivity contribution in [1.29, 1.82) is 0 Å². The highest BCUT2D eigenvalue weighted by Crippen LogP contribution is 2.43. The van der Waals surface area contributed by atoms with E-state index >= 15 is 0 Å². The summed E-state index contributed by atoms with van der Waals surface area (Å²) in [5, 5.41) is 28.6. The number of hydrogen-bond donors (Lipinski definition) is 4. The minimum atomic E-state index is -0.840. The van der Waals surface area contributed by atoms with Crippen molar-refractivity contribution in [3.63, 3.8) is 0 Å². The van der Waals surface area contributed by atoms with Gasteiger partial charge in [-0.15, -0.1) is 0 Å². The van der Waals surface area contributed by atoms with Crippen molar-refractivity contribution in [3.05, 3.63) is 33.1 Å². The quantitative estimate of drug-likeness (QED) is 0.509. The fourth-order valence-corrected chi connectivity index (χ4v) is 2.52. The van der Waals surface area contributed by atoms with Gasteiger partial charge in [-0.25, -0.2) is 4.79 Å². The normalized spacial score (nSPS) is 26.4. The van der Waals surface area contributed by atoms with Gasteiger partial charge >= 0.3 is 5.69 Å². The third-order valence-corrected chi connectivity index (χ3v) is 3.61. The van der Waals surface area contributed by atoms with Crippen LogP contribution in [0.3, 0.4) is 0 Å². The lowest BCUT2D eigenvalue weighted by atomic mass is 9.88. The Morgan fingerprint density at radius 2 is 2.00 bits per heavy atom. The molecule has 0 spiro atoms. The molecule has 0 bridgehead atoms. The Morgan fingerprint density at radius 3 is 2.50 bits per heavy atom. The van der Waals surface area contributed by atoms with Crippen LogP contribution >= 0.6 is 0 Å². The first-order valence-electron chi connectivity index (χ1n) is 5.72. The highest BCUT2D eigenvalue weighted by Gasteiger charge is 2.45. The number of aliphatic hydroxyl groups excluding tert-OH is 3. The predicted molar refractivity (Wildman–Crippen MR) is 62.2 cm³/mol. The van der Waals surface area contributed by atoms with Crippen LogP contribution < -0.4 is 11.2 Å². The number of nitrogens with one attached hydrogen (secondary N) is 1. The molecule has 1 heterocycles. The molecular formula is C11H16N2O5. The molecule has 1 aliphatic rings. The molecule has 7 nitrogen and oxygen atoms in total. The van der Waals surface area contributed by atoms with Crippen molar-refractivity contribution in [3.8, 4) is 0 Å². The molecule has 2 atom stereocenters. The van der Waals surface area contributed by atoms with E-state index in [1.54, 1.807) is 0 Å². The zero-order chi connectivity index (χ0) is 13.3. The van der Waals surface area contributed by atoms with Crippen LogP contribution in [0, 0.1) is 5.41 Å². The van der Waals surface area contributed by atoms with Crippen molar-refractivity contribution < 1.29 is 15.3 Å². The monoisotopic (exact) mass is 256 g/mol. The fraction of sp³-hybridized carbons (Fsp3) is 0.636. The van der Waals surface area contributed by atoms with Gasteiger partial charge in [-0.2, -0.15) is 0 Å². The van der Waals surface area contributed by atoms with Crippen molar-refractivity contribution in [2.75, 3.05) is 13.2 Å². The van der Waals surface area contributed by atoms with E-state index in [1.807, 2.05) is 0 Å². The summed E-state index contributed by atoms with van der Waals surface area (Å²) in [5.74, 6) is 0. The molecule has 1 aliphatic carbocycles. The van der Waals surface area contributed by atoms with Gasteiger partial charge in [0.25, 0.3) is 5.56 Å². The summed E-state index contributed by atoms with van der Waals surface area (Å²) in [4.78, 5) is 24.7. The third kappa shape index (κ3) is 2.12. The average molecular weight is 256 g/mol. The van der Waals surface area contributed by atoms with Crippen LogP contribution in [0.4, 0.5) is 0 Å². The number of rotatable bonds is 3. The van der Waals surface area contributed by atoms with Crippen LogP contribution in [0.2, 0.25) is 0 Å². The Bertz CT molecular complexity index is 531. The van der Waals surface area contributed by atoms with Crippen molar-refractivity contribution >= 4 is 0 Å². The fourth-order valence-electron chi connectivity index (χ4n) is 2.52. The molecule has 0 aliphatic heterocycles. The molecule has 1 saturated carbocycles. The average Bonchev–Trinajstić information content (AvgIpc) is 2.67. The van der Waals surface area contributed by atoms with Gasteiger partial charge in [-0.3, -0.25) is 14.3 Å². The van der Waals surface area contributed by atoms with E-state index in [0.717, 1.165) is 0 Å². The van der Waals surface area contributed by atoms with Gasteiger partial charge in [0, 0.05) is 17.7 Å². The van der Waals surface area contributed by atoms with Crippen LogP contribution in [0.15, 0.2) is 21.9 Å². The van der Waals surface area contributed by atoms with E-state index in [0.29, 0.717) is 0 Å². The summed E-state index contributed by atoms with van der Waals surface area (Å²) < 4.78 is 1.24. The third-order valence-electron chi connectivity index (χ3n) is 3.61. The lowest BCUT2D eigenvalue weighted by Crippen LogP contribution is -2.34. The van der Waals surface area contributed by atoms with Crippen LogP contribution in [-0.2, 0) is 0 Å². The Hall–Kier alpha value is -1.44. The summed E-state index contributed by atoms with van der Waals surface area (Å²) in [7, 11) is 0. The lowest BCUT2D eigenvalue weighted by molar-refractivity contribution is 0.0466. The van der Waals surface area contributed by atoms with E-state index in [1.165, 1.54) is 16.8 Å². The molecule has 0 unspecified atom stereocenters. The van der Waals surface area contributed by atoms with Gasteiger partial charge in [0.2, 0.25) is 0 Å². The van der Waals surface area contributed by atoms with Gasteiger partial charge in [0.05, 0.1) is 25.4 Å². The SMILES string of the molecule is O=c1ccn([C@@H]2CC(CO)(CO)C[C@H]2O)c(=O)[nH]1. The summed E-state index contributed by atoms with van der Waals surface area (Å²) in [6, 6.07) is 0.653. The number of aromatic nitrogens is 2. The zero-order valence-electron chi connectivity index (χ0n) is 9.74. The largest absolute Gasteiger partial charge is 0.396 e. The Kier molecular flexibility index (Phi) is 3.38. The molecule has 1 aromatic rings. The first-order valence-corrected chi connectivity index (χ1v) is 5.72. The van der Waals surface area contributed by atoms with Gasteiger partial charge in [-0.05, 0) is 12.8 Å². The molecule has 1 fully saturated rings. The number of aromatic amines is 1. The molecule has 18 heavy (non-hydrogen) atoms. The van der Waals surface area contributed by atoms with E-state index in [-0.39, 0.29) is 26.1 Å². The number of H-pyrrole nitrogens is 1. The molecule has 0 aromatic carbocycles. The number of nitrogens with zero attached hydrogens (tertiary/aromatic N) is 1. The van der Waals surface area contributed by atoms with E-state index in [9.17, 15) is 24.9 Å². The standard InChI is InChI=1S/C11H16N2O5/c14-5-11(6-15)3-7(8(16)4-11)13-2-1-9(17)12-10(13)18/h1-2,7-8,14-16H,3-6H2,(H,12,17,18)/t7-,8-/m1/s1. The lowest BCUT2D eigenvalue weighted by Gasteiger charge is -2.23. The molecule has 0 amide bonds. The Balaban J connectivity index is 2.35. The minimum absolute atomic E-state index is 0.218. The van der Waals surface area contributed by atoms with Gasteiger partial charge < -0.3 is 15.3 Å². The van der Waals surface area contributed by atoms with Gasteiger partial charge in [0.1, 0.15) is 0 Å². The summed E-state index contributed by atoms with van der Waals surface area (Å²) >= 11 is 0. The highest BCUT2D eigenvalue weighted by atomic mass is 16.3. The minimum Gasteiger partial charge on any atom is -0.396 e. The number of aliphatic hydroxyl groups is 3. The summed E-state index contributed by atoms with van der Waals surface area (Å²) in [6.07, 6.45) is 0.983. The van der Waals surface area contributed by atoms with E-state index in [2.05, 4.69) is 4.98 Å². The van der Waals surface area contributed by atoms with E-state index < -0.39 is 28.8 Å². The first kappa shape index (κ1) is 13.0. The zero-order valence-corrected chi connectivity index (χ0v) is 9.74. The smallest absolute Gasteiger partial charge is 0.328 e. The number of hydrogen-bond acceptors (Lipinski definition) is 5. The van der Waals surface area contributed by atoms with Gasteiger partial charge in [0.15, 0.2) is 0 Å². The van der Waals surface area contributed by atoms with Crippen molar-refractivity contribution in [2.45, 2.75) is 25.0 Å². The molecule has 0 radical (unpaired) electrons. The second-order valence-corrected chi connectivity index (χ2v) is 4.88.